The topological polar surface area (TPSA) is 118 Å². The van der Waals surface area contributed by atoms with Crippen molar-refractivity contribution in [2.75, 3.05) is 11.3 Å². The Balaban J connectivity index is 1.95. The molecule has 0 atom stereocenters. The predicted octanol–water partition coefficient (Wildman–Crippen LogP) is 1.68. The second kappa shape index (κ2) is 6.44. The lowest BCUT2D eigenvalue weighted by Crippen LogP contribution is -2.16. The van der Waals surface area contributed by atoms with Gasteiger partial charge in [-0.2, -0.15) is 0 Å². The average molecular weight is 362 g/mol. The van der Waals surface area contributed by atoms with E-state index in [1.54, 1.807) is 24.3 Å². The minimum absolute atomic E-state index is 0.0332. The highest BCUT2D eigenvalue weighted by atomic mass is 32.2. The molecular weight excluding hydrogens is 348 g/mol. The van der Waals surface area contributed by atoms with Gasteiger partial charge in [-0.15, -0.1) is 0 Å². The quantitative estimate of drug-likeness (QED) is 0.713. The number of fused-ring (bicyclic) bond motifs is 1. The third kappa shape index (κ3) is 3.56. The van der Waals surface area contributed by atoms with Crippen LogP contribution in [-0.4, -0.2) is 20.0 Å². The van der Waals surface area contributed by atoms with Crippen molar-refractivity contribution in [1.82, 2.24) is 4.98 Å². The minimum Gasteiger partial charge on any atom is -0.494 e. The molecule has 2 aromatic carbocycles. The summed E-state index contributed by atoms with van der Waals surface area (Å²) in [6, 6.07) is 10.2. The van der Waals surface area contributed by atoms with Crippen LogP contribution in [0.2, 0.25) is 0 Å². The van der Waals surface area contributed by atoms with Gasteiger partial charge in [-0.3, -0.25) is 9.71 Å². The fourth-order valence-electron chi connectivity index (χ4n) is 2.24. The number of hydrogen-bond donors (Lipinski definition) is 2. The van der Waals surface area contributed by atoms with E-state index in [0.717, 1.165) is 6.07 Å². The van der Waals surface area contributed by atoms with Gasteiger partial charge < -0.3 is 9.15 Å². The molecule has 0 unspecified atom stereocenters. The fraction of sp³-hybridized carbons (Fsp3) is 0.125. The number of ether oxygens (including phenoxy) is 1. The van der Waals surface area contributed by atoms with Crippen molar-refractivity contribution < 1.29 is 17.6 Å². The average Bonchev–Trinajstić information content (AvgIpc) is 2.56. The van der Waals surface area contributed by atoms with Crippen LogP contribution in [0.5, 0.6) is 5.75 Å². The number of aromatic amines is 1. The Bertz CT molecular complexity index is 1130. The molecule has 25 heavy (non-hydrogen) atoms. The largest absolute Gasteiger partial charge is 0.494 e. The highest BCUT2D eigenvalue weighted by Crippen LogP contribution is 2.21. The molecule has 8 nitrogen and oxygen atoms in total. The molecule has 0 aliphatic heterocycles. The van der Waals surface area contributed by atoms with Gasteiger partial charge in [0.25, 0.3) is 10.0 Å². The molecule has 0 aliphatic carbocycles. The number of aromatic nitrogens is 1. The molecule has 0 fully saturated rings. The Hall–Kier alpha value is -3.07. The van der Waals surface area contributed by atoms with E-state index in [2.05, 4.69) is 14.1 Å². The Morgan fingerprint density at radius 2 is 1.84 bits per heavy atom. The van der Waals surface area contributed by atoms with Crippen LogP contribution in [0.1, 0.15) is 6.92 Å². The van der Waals surface area contributed by atoms with E-state index in [4.69, 9.17) is 4.74 Å². The first-order valence-corrected chi connectivity index (χ1v) is 8.80. The zero-order valence-electron chi connectivity index (χ0n) is 13.1. The van der Waals surface area contributed by atoms with Crippen molar-refractivity contribution in [3.8, 4) is 5.75 Å². The molecule has 9 heteroatoms. The molecule has 1 heterocycles. The molecule has 3 rings (SSSR count). The van der Waals surface area contributed by atoms with Gasteiger partial charge in [0.15, 0.2) is 0 Å². The van der Waals surface area contributed by atoms with Crippen LogP contribution in [0.25, 0.3) is 10.9 Å². The van der Waals surface area contributed by atoms with Crippen LogP contribution in [0, 0.1) is 0 Å². The summed E-state index contributed by atoms with van der Waals surface area (Å²) in [5.74, 6) is -0.279. The Morgan fingerprint density at radius 3 is 2.52 bits per heavy atom. The zero-order chi connectivity index (χ0) is 18.0. The minimum atomic E-state index is -3.92. The first-order chi connectivity index (χ1) is 11.9. The van der Waals surface area contributed by atoms with E-state index in [9.17, 15) is 18.0 Å². The van der Waals surface area contributed by atoms with Crippen LogP contribution in [-0.2, 0) is 10.0 Å². The number of H-pyrrole nitrogens is 1. The molecule has 2 N–H and O–H groups in total. The molecule has 0 radical (unpaired) electrons. The molecule has 0 saturated heterocycles. The SMILES string of the molecule is CCOc1ccc(NS(=O)(=O)c2ccc3[nH]c(=O)oc(=O)c3c2)cc1. The summed E-state index contributed by atoms with van der Waals surface area (Å²) < 4.78 is 37.1. The van der Waals surface area contributed by atoms with Crippen molar-refractivity contribution in [2.45, 2.75) is 11.8 Å². The molecule has 0 saturated carbocycles. The molecule has 130 valence electrons. The first-order valence-electron chi connectivity index (χ1n) is 7.32. The highest BCUT2D eigenvalue weighted by Gasteiger charge is 2.16. The number of hydrogen-bond acceptors (Lipinski definition) is 6. The van der Waals surface area contributed by atoms with E-state index in [1.807, 2.05) is 6.92 Å². The van der Waals surface area contributed by atoms with Crippen LogP contribution in [0.3, 0.4) is 0 Å². The molecule has 0 spiro atoms. The summed E-state index contributed by atoms with van der Waals surface area (Å²) in [6.07, 6.45) is 0. The lowest BCUT2D eigenvalue weighted by molar-refractivity contribution is 0.340. The summed E-state index contributed by atoms with van der Waals surface area (Å²) in [6.45, 7) is 2.35. The normalized spacial score (nSPS) is 11.4. The number of anilines is 1. The van der Waals surface area contributed by atoms with E-state index in [1.165, 1.54) is 12.1 Å². The molecule has 0 bridgehead atoms. The van der Waals surface area contributed by atoms with Gasteiger partial charge in [0.2, 0.25) is 0 Å². The molecule has 1 aromatic heterocycles. The van der Waals surface area contributed by atoms with Crippen molar-refractivity contribution in [3.63, 3.8) is 0 Å². The fourth-order valence-corrected chi connectivity index (χ4v) is 3.33. The maximum absolute atomic E-state index is 12.5. The van der Waals surface area contributed by atoms with Crippen LogP contribution >= 0.6 is 0 Å². The summed E-state index contributed by atoms with van der Waals surface area (Å²) in [4.78, 5) is 25.1. The van der Waals surface area contributed by atoms with Crippen LogP contribution < -0.4 is 20.8 Å². The smallest absolute Gasteiger partial charge is 0.419 e. The number of nitrogens with one attached hydrogen (secondary N) is 2. The van der Waals surface area contributed by atoms with Crippen molar-refractivity contribution in [2.24, 2.45) is 0 Å². The van der Waals surface area contributed by atoms with Gasteiger partial charge >= 0.3 is 11.4 Å². The second-order valence-corrected chi connectivity index (χ2v) is 6.75. The van der Waals surface area contributed by atoms with Crippen LogP contribution in [0.4, 0.5) is 5.69 Å². The Labute approximate surface area is 142 Å². The lowest BCUT2D eigenvalue weighted by Gasteiger charge is -2.09. The van der Waals surface area contributed by atoms with Gasteiger partial charge in [0.05, 0.1) is 22.4 Å². The molecule has 0 amide bonds. The highest BCUT2D eigenvalue weighted by molar-refractivity contribution is 7.92. The summed E-state index contributed by atoms with van der Waals surface area (Å²) >= 11 is 0. The molecule has 3 aromatic rings. The molecule has 0 aliphatic rings. The summed E-state index contributed by atoms with van der Waals surface area (Å²) in [5, 5.41) is -0.0332. The maximum atomic E-state index is 12.5. The third-order valence-electron chi connectivity index (χ3n) is 3.36. The van der Waals surface area contributed by atoms with E-state index in [-0.39, 0.29) is 15.8 Å². The predicted molar refractivity (Wildman–Crippen MR) is 91.5 cm³/mol. The number of sulfonamides is 1. The van der Waals surface area contributed by atoms with Crippen LogP contribution in [0.15, 0.2) is 61.4 Å². The number of rotatable bonds is 5. The van der Waals surface area contributed by atoms with Gasteiger partial charge in [0.1, 0.15) is 5.75 Å². The van der Waals surface area contributed by atoms with E-state index in [0.29, 0.717) is 18.0 Å². The third-order valence-corrected chi connectivity index (χ3v) is 4.74. The Kier molecular flexibility index (Phi) is 4.32. The lowest BCUT2D eigenvalue weighted by atomic mass is 10.2. The zero-order valence-corrected chi connectivity index (χ0v) is 13.9. The van der Waals surface area contributed by atoms with Crippen molar-refractivity contribution in [3.05, 3.63) is 63.4 Å². The first kappa shape index (κ1) is 16.8. The number of benzene rings is 2. The monoisotopic (exact) mass is 362 g/mol. The maximum Gasteiger partial charge on any atom is 0.419 e. The van der Waals surface area contributed by atoms with Crippen molar-refractivity contribution >= 4 is 26.6 Å². The van der Waals surface area contributed by atoms with Gasteiger partial charge in [-0.25, -0.2) is 18.0 Å². The standard InChI is InChI=1S/C16H14N2O6S/c1-2-23-11-5-3-10(4-6-11)18-25(21,22)12-7-8-14-13(9-12)15(19)24-16(20)17-14/h3-9,18H,2H2,1H3,(H,17,20). The van der Waals surface area contributed by atoms with E-state index < -0.39 is 21.4 Å². The van der Waals surface area contributed by atoms with Gasteiger partial charge in [-0.1, -0.05) is 0 Å². The second-order valence-electron chi connectivity index (χ2n) is 5.07. The molecular formula is C16H14N2O6S. The van der Waals surface area contributed by atoms with Gasteiger partial charge in [-0.05, 0) is 49.4 Å². The summed E-state index contributed by atoms with van der Waals surface area (Å²) in [5.41, 5.74) is -0.366. The van der Waals surface area contributed by atoms with Crippen molar-refractivity contribution in [1.29, 1.82) is 0 Å². The van der Waals surface area contributed by atoms with Gasteiger partial charge in [0, 0.05) is 5.69 Å². The summed E-state index contributed by atoms with van der Waals surface area (Å²) in [7, 11) is -3.92. The Morgan fingerprint density at radius 1 is 1.12 bits per heavy atom. The van der Waals surface area contributed by atoms with E-state index >= 15 is 0 Å².